The van der Waals surface area contributed by atoms with Gasteiger partial charge in [-0.25, -0.2) is 0 Å². The minimum atomic E-state index is -4.07. The lowest BCUT2D eigenvalue weighted by Gasteiger charge is -2.34. The quantitative estimate of drug-likeness (QED) is 0.625. The molecule has 1 saturated heterocycles. The highest BCUT2D eigenvalue weighted by Gasteiger charge is 2.41. The Morgan fingerprint density at radius 3 is 2.31 bits per heavy atom. The molecule has 4 rings (SSSR count). The molecule has 1 N–H and O–H groups in total. The number of nitrogens with one attached hydrogen (secondary N) is 1. The molecule has 0 aliphatic carbocycles. The Kier molecular flexibility index (Phi) is 4.26. The third kappa shape index (κ3) is 3.49. The fraction of sp³-hybridized carbons (Fsp3) is 0.300. The van der Waals surface area contributed by atoms with Gasteiger partial charge >= 0.3 is 6.18 Å². The van der Waals surface area contributed by atoms with Gasteiger partial charge in [-0.2, -0.15) is 13.2 Å². The number of fused-ring (bicyclic) bond motifs is 1. The lowest BCUT2D eigenvalue weighted by atomic mass is 9.96. The van der Waals surface area contributed by atoms with E-state index in [1.807, 2.05) is 53.4 Å². The minimum absolute atomic E-state index is 0.161. The molecule has 0 amide bonds. The van der Waals surface area contributed by atoms with Gasteiger partial charge in [0.2, 0.25) is 0 Å². The molecular formula is C20H19F3N2O. The van der Waals surface area contributed by atoms with Gasteiger partial charge in [0.05, 0.1) is 12.2 Å². The summed E-state index contributed by atoms with van der Waals surface area (Å²) in [5.74, 6) is -1.17. The van der Waals surface area contributed by atoms with Crippen LogP contribution in [-0.4, -0.2) is 19.3 Å². The van der Waals surface area contributed by atoms with Gasteiger partial charge in [0.25, 0.3) is 0 Å². The maximum Gasteiger partial charge on any atom is 0.391 e. The number of furan rings is 1. The van der Waals surface area contributed by atoms with E-state index >= 15 is 0 Å². The third-order valence-electron chi connectivity index (χ3n) is 4.93. The lowest BCUT2D eigenvalue weighted by molar-refractivity contribution is -0.179. The first-order chi connectivity index (χ1) is 12.5. The molecular weight excluding hydrogens is 341 g/mol. The lowest BCUT2D eigenvalue weighted by Crippen LogP contribution is -2.38. The molecule has 1 aromatic heterocycles. The Labute approximate surface area is 149 Å². The summed E-state index contributed by atoms with van der Waals surface area (Å²) in [6.07, 6.45) is -2.09. The average Bonchev–Trinajstić information content (AvgIpc) is 3.10. The van der Waals surface area contributed by atoms with Crippen LogP contribution in [0.5, 0.6) is 0 Å². The van der Waals surface area contributed by atoms with Crippen molar-refractivity contribution < 1.29 is 17.6 Å². The molecule has 2 heterocycles. The van der Waals surface area contributed by atoms with Crippen LogP contribution >= 0.6 is 0 Å². The predicted molar refractivity (Wildman–Crippen MR) is 96.9 cm³/mol. The Bertz CT molecular complexity index is 878. The number of nitrogens with zero attached hydrogens (tertiary/aromatic N) is 1. The highest BCUT2D eigenvalue weighted by Crippen LogP contribution is 2.35. The van der Waals surface area contributed by atoms with Crippen molar-refractivity contribution in [3.05, 3.63) is 54.8 Å². The molecule has 0 atom stereocenters. The van der Waals surface area contributed by atoms with E-state index < -0.39 is 12.1 Å². The van der Waals surface area contributed by atoms with E-state index in [2.05, 4.69) is 5.32 Å². The van der Waals surface area contributed by atoms with Crippen molar-refractivity contribution in [2.24, 2.45) is 5.92 Å². The normalized spacial score (nSPS) is 16.2. The molecule has 3 aromatic rings. The highest BCUT2D eigenvalue weighted by atomic mass is 19.4. The number of hydrogen-bond acceptors (Lipinski definition) is 3. The Hall–Kier alpha value is -2.63. The summed E-state index contributed by atoms with van der Waals surface area (Å²) >= 11 is 0. The van der Waals surface area contributed by atoms with Gasteiger partial charge in [0.1, 0.15) is 5.58 Å². The predicted octanol–water partition coefficient (Wildman–Crippen LogP) is 5.96. The number of anilines is 3. The smallest absolute Gasteiger partial charge is 0.391 e. The van der Waals surface area contributed by atoms with Gasteiger partial charge in [-0.05, 0) is 61.4 Å². The number of piperidine rings is 1. The fourth-order valence-electron chi connectivity index (χ4n) is 3.43. The van der Waals surface area contributed by atoms with Crippen LogP contribution in [0.3, 0.4) is 0 Å². The molecule has 0 radical (unpaired) electrons. The summed E-state index contributed by atoms with van der Waals surface area (Å²) in [6.45, 7) is 0.877. The van der Waals surface area contributed by atoms with E-state index in [0.29, 0.717) is 13.1 Å². The Balaban J connectivity index is 1.40. The second-order valence-corrected chi connectivity index (χ2v) is 6.65. The van der Waals surface area contributed by atoms with Crippen LogP contribution in [0.15, 0.2) is 59.2 Å². The zero-order valence-corrected chi connectivity index (χ0v) is 14.1. The van der Waals surface area contributed by atoms with Crippen molar-refractivity contribution in [2.75, 3.05) is 23.3 Å². The summed E-state index contributed by atoms with van der Waals surface area (Å²) in [5.41, 5.74) is 3.69. The molecule has 0 bridgehead atoms. The first-order valence-corrected chi connectivity index (χ1v) is 8.65. The van der Waals surface area contributed by atoms with Crippen LogP contribution in [0.4, 0.5) is 30.2 Å². The molecule has 1 fully saturated rings. The number of halogens is 3. The van der Waals surface area contributed by atoms with E-state index in [9.17, 15) is 13.2 Å². The van der Waals surface area contributed by atoms with Gasteiger partial charge in [-0.1, -0.05) is 0 Å². The monoisotopic (exact) mass is 360 g/mol. The summed E-state index contributed by atoms with van der Waals surface area (Å²) in [6, 6.07) is 15.6. The molecule has 26 heavy (non-hydrogen) atoms. The summed E-state index contributed by atoms with van der Waals surface area (Å²) in [4.78, 5) is 2.02. The third-order valence-corrected chi connectivity index (χ3v) is 4.93. The summed E-state index contributed by atoms with van der Waals surface area (Å²) in [5, 5.41) is 4.36. The van der Waals surface area contributed by atoms with Crippen molar-refractivity contribution in [3.8, 4) is 0 Å². The van der Waals surface area contributed by atoms with Gasteiger partial charge in [-0.15, -0.1) is 0 Å². The first-order valence-electron chi connectivity index (χ1n) is 8.65. The van der Waals surface area contributed by atoms with E-state index in [1.165, 1.54) is 0 Å². The van der Waals surface area contributed by atoms with Crippen LogP contribution in [0.25, 0.3) is 11.0 Å². The van der Waals surface area contributed by atoms with Crippen molar-refractivity contribution in [1.82, 2.24) is 0 Å². The zero-order valence-electron chi connectivity index (χ0n) is 14.1. The molecule has 2 aromatic carbocycles. The van der Waals surface area contributed by atoms with Crippen molar-refractivity contribution >= 4 is 28.0 Å². The number of rotatable bonds is 3. The molecule has 1 aliphatic rings. The number of alkyl halides is 3. The van der Waals surface area contributed by atoms with E-state index in [-0.39, 0.29) is 12.8 Å². The van der Waals surface area contributed by atoms with Crippen molar-refractivity contribution in [2.45, 2.75) is 19.0 Å². The van der Waals surface area contributed by atoms with Gasteiger partial charge < -0.3 is 14.6 Å². The summed E-state index contributed by atoms with van der Waals surface area (Å²) in [7, 11) is 0. The van der Waals surface area contributed by atoms with Crippen LogP contribution in [-0.2, 0) is 0 Å². The standard InChI is InChI=1S/C20H19F3N2O/c21-20(22,23)15-7-10-25(11-8-15)18-4-1-16(2-5-18)24-17-3-6-19-14(13-17)9-12-26-19/h1-6,9,12-13,15,24H,7-8,10-11H2. The van der Waals surface area contributed by atoms with Gasteiger partial charge in [-0.3, -0.25) is 0 Å². The van der Waals surface area contributed by atoms with Crippen LogP contribution < -0.4 is 10.2 Å². The zero-order chi connectivity index (χ0) is 18.1. The van der Waals surface area contributed by atoms with Gasteiger partial charge in [0, 0.05) is 35.5 Å². The van der Waals surface area contributed by atoms with Crippen molar-refractivity contribution in [1.29, 1.82) is 0 Å². The fourth-order valence-corrected chi connectivity index (χ4v) is 3.43. The van der Waals surface area contributed by atoms with Crippen LogP contribution in [0, 0.1) is 5.92 Å². The van der Waals surface area contributed by atoms with E-state index in [4.69, 9.17) is 4.42 Å². The van der Waals surface area contributed by atoms with Crippen molar-refractivity contribution in [3.63, 3.8) is 0 Å². The SMILES string of the molecule is FC(F)(F)C1CCN(c2ccc(Nc3ccc4occc4c3)cc2)CC1. The molecule has 136 valence electrons. The van der Waals surface area contributed by atoms with E-state index in [0.717, 1.165) is 28.0 Å². The van der Waals surface area contributed by atoms with Gasteiger partial charge in [0.15, 0.2) is 0 Å². The topological polar surface area (TPSA) is 28.4 Å². The minimum Gasteiger partial charge on any atom is -0.464 e. The molecule has 0 saturated carbocycles. The second-order valence-electron chi connectivity index (χ2n) is 6.65. The van der Waals surface area contributed by atoms with Crippen LogP contribution in [0.1, 0.15) is 12.8 Å². The summed E-state index contributed by atoms with van der Waals surface area (Å²) < 4.78 is 43.7. The molecule has 0 spiro atoms. The molecule has 0 unspecified atom stereocenters. The largest absolute Gasteiger partial charge is 0.464 e. The highest BCUT2D eigenvalue weighted by molar-refractivity contribution is 5.82. The molecule has 3 nitrogen and oxygen atoms in total. The number of benzene rings is 2. The molecule has 1 aliphatic heterocycles. The Morgan fingerprint density at radius 2 is 1.62 bits per heavy atom. The second kappa shape index (κ2) is 6.59. The maximum absolute atomic E-state index is 12.8. The Morgan fingerprint density at radius 1 is 0.923 bits per heavy atom. The maximum atomic E-state index is 12.8. The number of hydrogen-bond donors (Lipinski definition) is 1. The average molecular weight is 360 g/mol. The first kappa shape index (κ1) is 16.8. The molecule has 6 heteroatoms. The van der Waals surface area contributed by atoms with Crippen LogP contribution in [0.2, 0.25) is 0 Å². The van der Waals surface area contributed by atoms with E-state index in [1.54, 1.807) is 6.26 Å².